The molecule has 6 nitrogen and oxygen atoms in total. The Morgan fingerprint density at radius 1 is 1.29 bits per heavy atom. The van der Waals surface area contributed by atoms with E-state index in [9.17, 15) is 19.8 Å². The lowest BCUT2D eigenvalue weighted by Gasteiger charge is -2.23. The van der Waals surface area contributed by atoms with Crippen LogP contribution in [-0.2, 0) is 16.0 Å². The summed E-state index contributed by atoms with van der Waals surface area (Å²) >= 11 is 6.34. The molecule has 0 saturated carbocycles. The molecule has 1 atom stereocenters. The molecular formula is C20H17NO5S2. The smallest absolute Gasteiger partial charge is 0.327 e. The molecule has 1 aliphatic heterocycles. The van der Waals surface area contributed by atoms with Crippen molar-refractivity contribution in [2.24, 2.45) is 0 Å². The number of carboxylic acids is 1. The highest BCUT2D eigenvalue weighted by molar-refractivity contribution is 8.26. The van der Waals surface area contributed by atoms with Gasteiger partial charge >= 0.3 is 5.97 Å². The monoisotopic (exact) mass is 415 g/mol. The van der Waals surface area contributed by atoms with Crippen molar-refractivity contribution >= 4 is 46.3 Å². The first-order valence-corrected chi connectivity index (χ1v) is 9.54. The number of thioether (sulfide) groups is 1. The van der Waals surface area contributed by atoms with Crippen LogP contribution in [0.4, 0.5) is 0 Å². The topological polar surface area (TPSA) is 87.1 Å². The van der Waals surface area contributed by atoms with Gasteiger partial charge in [-0.15, -0.1) is 0 Å². The standard InChI is InChI=1S/C20H17NO5S2/c1-26-16-10-13(7-8-15(16)22)11-17-18(23)21(20(27)28-17)14(19(24)25)9-12-5-3-2-4-6-12/h2-8,10-11,14,22H,9H2,1H3,(H,24,25)/b17-11-/t14-/m1/s1. The van der Waals surface area contributed by atoms with Crippen LogP contribution < -0.4 is 4.74 Å². The maximum Gasteiger partial charge on any atom is 0.327 e. The summed E-state index contributed by atoms with van der Waals surface area (Å²) in [5.41, 5.74) is 1.43. The number of ether oxygens (including phenoxy) is 1. The molecule has 1 aliphatic rings. The van der Waals surface area contributed by atoms with Crippen molar-refractivity contribution in [2.75, 3.05) is 7.11 Å². The number of carbonyl (C=O) groups is 2. The summed E-state index contributed by atoms with van der Waals surface area (Å²) in [7, 11) is 1.43. The number of rotatable bonds is 6. The van der Waals surface area contributed by atoms with Crippen molar-refractivity contribution in [3.8, 4) is 11.5 Å². The Bertz CT molecular complexity index is 958. The van der Waals surface area contributed by atoms with Crippen LogP contribution >= 0.6 is 24.0 Å². The Balaban J connectivity index is 1.88. The number of aromatic hydroxyl groups is 1. The van der Waals surface area contributed by atoms with Crippen molar-refractivity contribution < 1.29 is 24.5 Å². The third kappa shape index (κ3) is 4.18. The summed E-state index contributed by atoms with van der Waals surface area (Å²) in [5, 5.41) is 19.4. The lowest BCUT2D eigenvalue weighted by molar-refractivity contribution is -0.145. The molecule has 0 unspecified atom stereocenters. The third-order valence-electron chi connectivity index (χ3n) is 4.19. The lowest BCUT2D eigenvalue weighted by Crippen LogP contribution is -2.45. The second-order valence-corrected chi connectivity index (χ2v) is 7.70. The van der Waals surface area contributed by atoms with Gasteiger partial charge in [0, 0.05) is 6.42 Å². The van der Waals surface area contributed by atoms with Crippen LogP contribution in [0.2, 0.25) is 0 Å². The molecular weight excluding hydrogens is 398 g/mol. The molecule has 1 fully saturated rings. The zero-order chi connectivity index (χ0) is 20.3. The Hall–Kier alpha value is -2.84. The number of carbonyl (C=O) groups excluding carboxylic acids is 1. The molecule has 0 aliphatic carbocycles. The molecule has 1 saturated heterocycles. The fraction of sp³-hybridized carbons (Fsp3) is 0.150. The summed E-state index contributed by atoms with van der Waals surface area (Å²) in [6.07, 6.45) is 1.76. The number of phenols is 1. The molecule has 2 aromatic carbocycles. The SMILES string of the molecule is COc1cc(/C=C2\SC(=S)N([C@H](Cc3ccccc3)C(=O)O)C2=O)ccc1O. The van der Waals surface area contributed by atoms with E-state index in [2.05, 4.69) is 0 Å². The first-order valence-electron chi connectivity index (χ1n) is 8.31. The van der Waals surface area contributed by atoms with Gasteiger partial charge in [0.2, 0.25) is 0 Å². The fourth-order valence-corrected chi connectivity index (χ4v) is 4.17. The fourth-order valence-electron chi connectivity index (χ4n) is 2.81. The van der Waals surface area contributed by atoms with Gasteiger partial charge in [0.25, 0.3) is 5.91 Å². The van der Waals surface area contributed by atoms with E-state index in [4.69, 9.17) is 17.0 Å². The van der Waals surface area contributed by atoms with E-state index in [0.717, 1.165) is 22.2 Å². The number of nitrogens with zero attached hydrogens (tertiary/aromatic N) is 1. The minimum atomic E-state index is -1.12. The summed E-state index contributed by atoms with van der Waals surface area (Å²) < 4.78 is 5.27. The number of methoxy groups -OCH3 is 1. The Labute approximate surface area is 171 Å². The maximum absolute atomic E-state index is 12.9. The van der Waals surface area contributed by atoms with E-state index in [0.29, 0.717) is 10.5 Å². The normalized spacial score (nSPS) is 16.5. The van der Waals surface area contributed by atoms with E-state index in [1.807, 2.05) is 30.3 Å². The van der Waals surface area contributed by atoms with E-state index >= 15 is 0 Å². The molecule has 1 amide bonds. The van der Waals surface area contributed by atoms with Crippen molar-refractivity contribution in [1.82, 2.24) is 4.90 Å². The van der Waals surface area contributed by atoms with E-state index in [1.165, 1.54) is 13.2 Å². The van der Waals surface area contributed by atoms with Gasteiger partial charge < -0.3 is 14.9 Å². The predicted molar refractivity (Wildman–Crippen MR) is 111 cm³/mol. The van der Waals surface area contributed by atoms with Gasteiger partial charge in [-0.1, -0.05) is 60.4 Å². The highest BCUT2D eigenvalue weighted by Gasteiger charge is 2.40. The van der Waals surface area contributed by atoms with Gasteiger partial charge in [-0.3, -0.25) is 9.69 Å². The number of benzene rings is 2. The average molecular weight is 415 g/mol. The summed E-state index contributed by atoms with van der Waals surface area (Å²) in [4.78, 5) is 26.2. The van der Waals surface area contributed by atoms with Crippen LogP contribution in [-0.4, -0.2) is 44.5 Å². The van der Waals surface area contributed by atoms with Crippen LogP contribution in [0.15, 0.2) is 53.4 Å². The summed E-state index contributed by atoms with van der Waals surface area (Å²) in [5.74, 6) is -1.31. The first kappa shape index (κ1) is 19.9. The van der Waals surface area contributed by atoms with Crippen LogP contribution in [0.3, 0.4) is 0 Å². The molecule has 0 aromatic heterocycles. The second-order valence-electron chi connectivity index (χ2n) is 6.03. The highest BCUT2D eigenvalue weighted by atomic mass is 32.2. The average Bonchev–Trinajstić information content (AvgIpc) is 2.95. The number of thiocarbonyl (C=S) groups is 1. The van der Waals surface area contributed by atoms with Crippen molar-refractivity contribution in [3.63, 3.8) is 0 Å². The molecule has 3 rings (SSSR count). The molecule has 0 radical (unpaired) electrons. The van der Waals surface area contributed by atoms with Crippen LogP contribution in [0, 0.1) is 0 Å². The van der Waals surface area contributed by atoms with Crippen molar-refractivity contribution in [1.29, 1.82) is 0 Å². The number of phenolic OH excluding ortho intramolecular Hbond substituents is 1. The number of hydrogen-bond acceptors (Lipinski definition) is 6. The van der Waals surface area contributed by atoms with Gasteiger partial charge in [-0.05, 0) is 29.3 Å². The number of hydrogen-bond donors (Lipinski definition) is 2. The second kappa shape index (κ2) is 8.45. The van der Waals surface area contributed by atoms with Crippen LogP contribution in [0.5, 0.6) is 11.5 Å². The molecule has 8 heteroatoms. The molecule has 2 aromatic rings. The number of aliphatic carboxylic acids is 1. The van der Waals surface area contributed by atoms with Gasteiger partial charge in [-0.25, -0.2) is 4.79 Å². The molecule has 1 heterocycles. The zero-order valence-electron chi connectivity index (χ0n) is 14.9. The van der Waals surface area contributed by atoms with Gasteiger partial charge in [-0.2, -0.15) is 0 Å². The Morgan fingerprint density at radius 2 is 2.00 bits per heavy atom. The van der Waals surface area contributed by atoms with E-state index in [-0.39, 0.29) is 22.2 Å². The van der Waals surface area contributed by atoms with Crippen LogP contribution in [0.25, 0.3) is 6.08 Å². The molecule has 28 heavy (non-hydrogen) atoms. The minimum absolute atomic E-state index is 0.0130. The van der Waals surface area contributed by atoms with Crippen molar-refractivity contribution in [2.45, 2.75) is 12.5 Å². The summed E-state index contributed by atoms with van der Waals surface area (Å²) in [6.45, 7) is 0. The lowest BCUT2D eigenvalue weighted by atomic mass is 10.0. The minimum Gasteiger partial charge on any atom is -0.504 e. The third-order valence-corrected chi connectivity index (χ3v) is 5.52. The molecule has 144 valence electrons. The largest absolute Gasteiger partial charge is 0.504 e. The van der Waals surface area contributed by atoms with E-state index in [1.54, 1.807) is 18.2 Å². The molecule has 2 N–H and O–H groups in total. The van der Waals surface area contributed by atoms with Crippen LogP contribution in [0.1, 0.15) is 11.1 Å². The zero-order valence-corrected chi connectivity index (χ0v) is 16.5. The first-order chi connectivity index (χ1) is 13.4. The van der Waals surface area contributed by atoms with E-state index < -0.39 is 17.9 Å². The Kier molecular flexibility index (Phi) is 6.01. The Morgan fingerprint density at radius 3 is 2.64 bits per heavy atom. The molecule has 0 spiro atoms. The van der Waals surface area contributed by atoms with Gasteiger partial charge in [0.1, 0.15) is 10.4 Å². The number of amides is 1. The highest BCUT2D eigenvalue weighted by Crippen LogP contribution is 2.36. The summed E-state index contributed by atoms with van der Waals surface area (Å²) in [6, 6.07) is 12.7. The van der Waals surface area contributed by atoms with Gasteiger partial charge in [0.05, 0.1) is 12.0 Å². The predicted octanol–water partition coefficient (Wildman–Crippen LogP) is 3.30. The molecule has 0 bridgehead atoms. The van der Waals surface area contributed by atoms with Crippen molar-refractivity contribution in [3.05, 3.63) is 64.6 Å². The number of carboxylic acid groups (broad SMARTS) is 1. The van der Waals surface area contributed by atoms with Gasteiger partial charge in [0.15, 0.2) is 11.5 Å². The maximum atomic E-state index is 12.9. The quantitative estimate of drug-likeness (QED) is 0.553.